The van der Waals surface area contributed by atoms with E-state index in [1.165, 1.54) is 23.1 Å². The lowest BCUT2D eigenvalue weighted by atomic mass is 10.1. The van der Waals surface area contributed by atoms with Crippen molar-refractivity contribution in [3.8, 4) is 5.75 Å². The molecule has 0 atom stereocenters. The number of hydrogen-bond acceptors (Lipinski definition) is 5. The molecule has 0 radical (unpaired) electrons. The van der Waals surface area contributed by atoms with Crippen molar-refractivity contribution in [1.82, 2.24) is 0 Å². The number of ether oxygens (including phenoxy) is 2. The third-order valence-electron chi connectivity index (χ3n) is 2.67. The number of oxime groups is 1. The molecule has 21 heavy (non-hydrogen) atoms. The Bertz CT molecular complexity index is 463. The molecule has 1 aromatic rings. The van der Waals surface area contributed by atoms with Gasteiger partial charge in [0.1, 0.15) is 19.5 Å². The van der Waals surface area contributed by atoms with Gasteiger partial charge in [0.15, 0.2) is 0 Å². The largest absolute Gasteiger partial charge is 0.490 e. The summed E-state index contributed by atoms with van der Waals surface area (Å²) < 4.78 is 11.1. The van der Waals surface area contributed by atoms with Crippen molar-refractivity contribution in [2.45, 2.75) is 25.7 Å². The Balaban J connectivity index is 2.53. The predicted octanol–water partition coefficient (Wildman–Crippen LogP) is 3.96. The van der Waals surface area contributed by atoms with E-state index in [-0.39, 0.29) is 0 Å². The summed E-state index contributed by atoms with van der Waals surface area (Å²) in [5, 5.41) is 3.62. The van der Waals surface area contributed by atoms with Gasteiger partial charge >= 0.3 is 0 Å². The number of allylic oxidation sites excluding steroid dienone is 1. The van der Waals surface area contributed by atoms with Crippen molar-refractivity contribution in [3.63, 3.8) is 0 Å². The Morgan fingerprint density at radius 1 is 1.19 bits per heavy atom. The van der Waals surface area contributed by atoms with E-state index in [1.54, 1.807) is 18.0 Å². The number of hydrogen-bond donors (Lipinski definition) is 0. The summed E-state index contributed by atoms with van der Waals surface area (Å²) in [7, 11) is 1.51. The summed E-state index contributed by atoms with van der Waals surface area (Å²) in [5.41, 5.74) is 2.40. The van der Waals surface area contributed by atoms with E-state index in [9.17, 15) is 0 Å². The highest BCUT2D eigenvalue weighted by Gasteiger charge is 2.06. The van der Waals surface area contributed by atoms with Crippen LogP contribution in [-0.2, 0) is 9.57 Å². The summed E-state index contributed by atoms with van der Waals surface area (Å²) in [4.78, 5) is 5.80. The summed E-state index contributed by atoms with van der Waals surface area (Å²) in [6.07, 6.45) is 5.56. The van der Waals surface area contributed by atoms with Gasteiger partial charge in [0.25, 0.3) is 0 Å². The third kappa shape index (κ3) is 6.69. The standard InChI is InChI=1S/C16H23NO3S/c1-5-6-8-20-15-10-13(2)16(14(3)11-15)21-12-19-9-7-17-18-4/h5-7,10-11H,8-9,12H2,1-4H3/b6-5+,17-7+. The minimum atomic E-state index is 0.448. The van der Waals surface area contributed by atoms with Crippen molar-refractivity contribution in [2.75, 3.05) is 26.3 Å². The molecule has 0 aromatic heterocycles. The van der Waals surface area contributed by atoms with Crippen LogP contribution < -0.4 is 4.74 Å². The molecular formula is C16H23NO3S. The molecule has 0 spiro atoms. The Morgan fingerprint density at radius 2 is 1.90 bits per heavy atom. The van der Waals surface area contributed by atoms with Crippen molar-refractivity contribution < 1.29 is 14.3 Å². The first kappa shape index (κ1) is 17.6. The maximum Gasteiger partial charge on any atom is 0.120 e. The van der Waals surface area contributed by atoms with Crippen LogP contribution in [0.5, 0.6) is 5.75 Å². The molecule has 0 saturated heterocycles. The average molecular weight is 309 g/mol. The Morgan fingerprint density at radius 3 is 2.52 bits per heavy atom. The molecule has 1 aromatic carbocycles. The van der Waals surface area contributed by atoms with Gasteiger partial charge in [-0.15, -0.1) is 0 Å². The smallest absolute Gasteiger partial charge is 0.120 e. The molecule has 0 saturated carbocycles. The lowest BCUT2D eigenvalue weighted by Crippen LogP contribution is -1.98. The van der Waals surface area contributed by atoms with Crippen molar-refractivity contribution >= 4 is 18.0 Å². The second-order valence-corrected chi connectivity index (χ2v) is 5.30. The number of thioether (sulfide) groups is 1. The molecule has 0 bridgehead atoms. The van der Waals surface area contributed by atoms with Crippen LogP contribution in [0.3, 0.4) is 0 Å². The van der Waals surface area contributed by atoms with E-state index in [4.69, 9.17) is 9.47 Å². The van der Waals surface area contributed by atoms with Gasteiger partial charge in [0.05, 0.1) is 18.8 Å². The molecular weight excluding hydrogens is 286 g/mol. The van der Waals surface area contributed by atoms with E-state index in [0.717, 1.165) is 5.75 Å². The summed E-state index contributed by atoms with van der Waals surface area (Å²) in [5.74, 6) is 1.48. The molecule has 0 N–H and O–H groups in total. The van der Waals surface area contributed by atoms with E-state index >= 15 is 0 Å². The predicted molar refractivity (Wildman–Crippen MR) is 88.4 cm³/mol. The van der Waals surface area contributed by atoms with E-state index in [0.29, 0.717) is 19.2 Å². The van der Waals surface area contributed by atoms with Crippen LogP contribution in [0.2, 0.25) is 0 Å². The van der Waals surface area contributed by atoms with Crippen LogP contribution in [0.4, 0.5) is 0 Å². The van der Waals surface area contributed by atoms with Gasteiger partial charge in [0.2, 0.25) is 0 Å². The minimum Gasteiger partial charge on any atom is -0.490 e. The van der Waals surface area contributed by atoms with Gasteiger partial charge < -0.3 is 14.3 Å². The van der Waals surface area contributed by atoms with Gasteiger partial charge in [-0.3, -0.25) is 0 Å². The van der Waals surface area contributed by atoms with E-state index < -0.39 is 0 Å². The highest BCUT2D eigenvalue weighted by Crippen LogP contribution is 2.30. The Labute approximate surface area is 131 Å². The highest BCUT2D eigenvalue weighted by molar-refractivity contribution is 7.99. The molecule has 116 valence electrons. The quantitative estimate of drug-likeness (QED) is 0.173. The maximum absolute atomic E-state index is 5.67. The molecule has 0 fully saturated rings. The fourth-order valence-corrected chi connectivity index (χ4v) is 2.64. The molecule has 5 heteroatoms. The number of benzene rings is 1. The summed E-state index contributed by atoms with van der Waals surface area (Å²) in [6.45, 7) is 7.21. The number of aryl methyl sites for hydroxylation is 2. The van der Waals surface area contributed by atoms with Crippen molar-refractivity contribution in [3.05, 3.63) is 35.4 Å². The maximum atomic E-state index is 5.67. The second-order valence-electron chi connectivity index (χ2n) is 4.37. The zero-order valence-electron chi connectivity index (χ0n) is 13.1. The van der Waals surface area contributed by atoms with Crippen LogP contribution in [-0.4, -0.2) is 32.5 Å². The van der Waals surface area contributed by atoms with Crippen LogP contribution in [0.1, 0.15) is 18.1 Å². The van der Waals surface area contributed by atoms with Crippen LogP contribution in [0.25, 0.3) is 0 Å². The summed E-state index contributed by atoms with van der Waals surface area (Å²) in [6, 6.07) is 4.12. The van der Waals surface area contributed by atoms with Gasteiger partial charge in [-0.05, 0) is 44.0 Å². The van der Waals surface area contributed by atoms with Gasteiger partial charge in [-0.1, -0.05) is 29.1 Å². The fraction of sp³-hybridized carbons (Fsp3) is 0.438. The topological polar surface area (TPSA) is 40.0 Å². The summed E-state index contributed by atoms with van der Waals surface area (Å²) >= 11 is 1.67. The highest BCUT2D eigenvalue weighted by atomic mass is 32.2. The normalized spacial score (nSPS) is 11.4. The molecule has 0 aliphatic rings. The first-order chi connectivity index (χ1) is 10.2. The third-order valence-corrected chi connectivity index (χ3v) is 3.89. The van der Waals surface area contributed by atoms with Crippen LogP contribution >= 0.6 is 11.8 Å². The number of nitrogens with zero attached hydrogens (tertiary/aromatic N) is 1. The second kappa shape index (κ2) is 10.3. The molecule has 0 unspecified atom stereocenters. The first-order valence-corrected chi connectivity index (χ1v) is 7.78. The van der Waals surface area contributed by atoms with Crippen molar-refractivity contribution in [2.24, 2.45) is 5.16 Å². The molecule has 1 rings (SSSR count). The zero-order chi connectivity index (χ0) is 15.5. The molecule has 0 aliphatic carbocycles. The van der Waals surface area contributed by atoms with Gasteiger partial charge in [-0.25, -0.2) is 0 Å². The minimum absolute atomic E-state index is 0.448. The monoisotopic (exact) mass is 309 g/mol. The SMILES string of the molecule is C/C=C/COc1cc(C)c(SCOC/C=N/OC)c(C)c1. The van der Waals surface area contributed by atoms with Gasteiger partial charge in [-0.2, -0.15) is 0 Å². The Hall–Kier alpha value is -1.46. The molecule has 0 heterocycles. The lowest BCUT2D eigenvalue weighted by Gasteiger charge is -2.12. The fourth-order valence-electron chi connectivity index (χ4n) is 1.77. The van der Waals surface area contributed by atoms with Crippen LogP contribution in [0, 0.1) is 13.8 Å². The zero-order valence-corrected chi connectivity index (χ0v) is 13.9. The van der Waals surface area contributed by atoms with Gasteiger partial charge in [0, 0.05) is 4.90 Å². The van der Waals surface area contributed by atoms with E-state index in [1.807, 2.05) is 19.1 Å². The van der Waals surface area contributed by atoms with Crippen molar-refractivity contribution in [1.29, 1.82) is 0 Å². The molecule has 0 amide bonds. The van der Waals surface area contributed by atoms with E-state index in [2.05, 4.69) is 36.0 Å². The average Bonchev–Trinajstić information content (AvgIpc) is 2.45. The lowest BCUT2D eigenvalue weighted by molar-refractivity contribution is 0.200. The first-order valence-electron chi connectivity index (χ1n) is 6.79. The molecule has 4 nitrogen and oxygen atoms in total. The Kier molecular flexibility index (Phi) is 8.62. The van der Waals surface area contributed by atoms with Crippen LogP contribution in [0.15, 0.2) is 34.3 Å². The number of rotatable bonds is 9. The molecule has 0 aliphatic heterocycles.